The third-order valence-corrected chi connectivity index (χ3v) is 3.22. The van der Waals surface area contributed by atoms with Gasteiger partial charge < -0.3 is 10.2 Å². The molecule has 2 aliphatic rings. The van der Waals surface area contributed by atoms with Crippen molar-refractivity contribution in [2.75, 3.05) is 6.54 Å². The minimum atomic E-state index is -0.632. The summed E-state index contributed by atoms with van der Waals surface area (Å²) in [5.74, 6) is -1.46. The van der Waals surface area contributed by atoms with Crippen molar-refractivity contribution >= 4 is 23.6 Å². The molecule has 7 nitrogen and oxygen atoms in total. The maximum atomic E-state index is 12.2. The molecule has 2 fully saturated rings. The van der Waals surface area contributed by atoms with E-state index < -0.39 is 23.9 Å². The first-order chi connectivity index (χ1) is 8.52. The molecular weight excluding hydrogens is 238 g/mol. The molecule has 2 heterocycles. The Labute approximate surface area is 104 Å². The van der Waals surface area contributed by atoms with Gasteiger partial charge in [0.15, 0.2) is 0 Å². The van der Waals surface area contributed by atoms with Crippen LogP contribution in [-0.4, -0.2) is 47.2 Å². The van der Waals surface area contributed by atoms with Crippen LogP contribution in [0.4, 0.5) is 0 Å². The van der Waals surface area contributed by atoms with E-state index in [1.165, 1.54) is 4.90 Å². The molecule has 0 aliphatic carbocycles. The zero-order chi connectivity index (χ0) is 13.3. The summed E-state index contributed by atoms with van der Waals surface area (Å²) < 4.78 is 0. The number of carbonyl (C=O) groups excluding carboxylic acids is 4. The first kappa shape index (κ1) is 12.5. The Morgan fingerprint density at radius 1 is 1.33 bits per heavy atom. The molecule has 0 aromatic carbocycles. The highest BCUT2D eigenvalue weighted by Crippen LogP contribution is 2.15. The lowest BCUT2D eigenvalue weighted by Gasteiger charge is -2.34. The van der Waals surface area contributed by atoms with E-state index in [1.54, 1.807) is 6.92 Å². The van der Waals surface area contributed by atoms with Crippen molar-refractivity contribution in [1.82, 2.24) is 15.5 Å². The minimum Gasteiger partial charge on any atom is -0.344 e. The average Bonchev–Trinajstić information content (AvgIpc) is 2.74. The summed E-state index contributed by atoms with van der Waals surface area (Å²) in [5, 5.41) is 4.76. The van der Waals surface area contributed by atoms with Crippen molar-refractivity contribution in [3.63, 3.8) is 0 Å². The van der Waals surface area contributed by atoms with Crippen molar-refractivity contribution in [2.24, 2.45) is 0 Å². The SMILES string of the molecule is CCC1C(=O)NC(=O)CN1C(=O)C1CCC(=O)N1. The van der Waals surface area contributed by atoms with Crippen molar-refractivity contribution < 1.29 is 19.2 Å². The molecule has 0 bridgehead atoms. The fourth-order valence-electron chi connectivity index (χ4n) is 2.30. The lowest BCUT2D eigenvalue weighted by molar-refractivity contribution is -0.151. The zero-order valence-corrected chi connectivity index (χ0v) is 10.1. The number of hydrogen-bond donors (Lipinski definition) is 2. The number of rotatable bonds is 2. The van der Waals surface area contributed by atoms with Crippen molar-refractivity contribution in [3.8, 4) is 0 Å². The van der Waals surface area contributed by atoms with Gasteiger partial charge in [-0.3, -0.25) is 24.5 Å². The summed E-state index contributed by atoms with van der Waals surface area (Å²) in [6.45, 7) is 1.64. The third kappa shape index (κ3) is 2.20. The van der Waals surface area contributed by atoms with Crippen molar-refractivity contribution in [2.45, 2.75) is 38.3 Å². The summed E-state index contributed by atoms with van der Waals surface area (Å²) in [6.07, 6.45) is 1.16. The highest BCUT2D eigenvalue weighted by Gasteiger charge is 2.39. The molecule has 0 aromatic rings. The third-order valence-electron chi connectivity index (χ3n) is 3.22. The normalized spacial score (nSPS) is 28.1. The van der Waals surface area contributed by atoms with Gasteiger partial charge in [0.1, 0.15) is 18.6 Å². The van der Waals surface area contributed by atoms with E-state index >= 15 is 0 Å². The van der Waals surface area contributed by atoms with Crippen LogP contribution in [0.15, 0.2) is 0 Å². The van der Waals surface area contributed by atoms with Crippen LogP contribution in [0, 0.1) is 0 Å². The molecule has 7 heteroatoms. The number of nitrogens with zero attached hydrogens (tertiary/aromatic N) is 1. The van der Waals surface area contributed by atoms with Gasteiger partial charge in [0, 0.05) is 6.42 Å². The van der Waals surface area contributed by atoms with Gasteiger partial charge in [-0.15, -0.1) is 0 Å². The van der Waals surface area contributed by atoms with Crippen LogP contribution >= 0.6 is 0 Å². The second-order valence-corrected chi connectivity index (χ2v) is 4.46. The van der Waals surface area contributed by atoms with Crippen LogP contribution in [0.3, 0.4) is 0 Å². The molecule has 0 radical (unpaired) electrons. The van der Waals surface area contributed by atoms with E-state index in [4.69, 9.17) is 0 Å². The van der Waals surface area contributed by atoms with Gasteiger partial charge in [0.05, 0.1) is 0 Å². The number of nitrogens with one attached hydrogen (secondary N) is 2. The van der Waals surface area contributed by atoms with E-state index in [0.29, 0.717) is 19.3 Å². The highest BCUT2D eigenvalue weighted by atomic mass is 16.2. The van der Waals surface area contributed by atoms with E-state index in [1.807, 2.05) is 0 Å². The minimum absolute atomic E-state index is 0.130. The standard InChI is InChI=1S/C11H15N3O4/c1-2-7-10(17)13-9(16)5-14(7)11(18)6-3-4-8(15)12-6/h6-7H,2-5H2,1H3,(H,12,15)(H,13,16,17). The van der Waals surface area contributed by atoms with Gasteiger partial charge in [-0.05, 0) is 12.8 Å². The van der Waals surface area contributed by atoms with Crippen molar-refractivity contribution in [3.05, 3.63) is 0 Å². The summed E-state index contributed by atoms with van der Waals surface area (Å²) in [5.41, 5.74) is 0. The molecule has 2 atom stereocenters. The Morgan fingerprint density at radius 3 is 2.61 bits per heavy atom. The Morgan fingerprint density at radius 2 is 2.06 bits per heavy atom. The molecule has 0 saturated carbocycles. The quantitative estimate of drug-likeness (QED) is 0.587. The van der Waals surface area contributed by atoms with Gasteiger partial charge >= 0.3 is 0 Å². The van der Waals surface area contributed by atoms with Gasteiger partial charge in [-0.2, -0.15) is 0 Å². The van der Waals surface area contributed by atoms with Crippen molar-refractivity contribution in [1.29, 1.82) is 0 Å². The Balaban J connectivity index is 2.13. The smallest absolute Gasteiger partial charge is 0.249 e. The largest absolute Gasteiger partial charge is 0.344 e. The molecule has 2 aliphatic heterocycles. The summed E-state index contributed by atoms with van der Waals surface area (Å²) >= 11 is 0. The molecule has 2 N–H and O–H groups in total. The Hall–Kier alpha value is -1.92. The fraction of sp³-hybridized carbons (Fsp3) is 0.636. The van der Waals surface area contributed by atoms with Gasteiger partial charge in [-0.25, -0.2) is 0 Å². The summed E-state index contributed by atoms with van der Waals surface area (Å²) in [6, 6.07) is -1.24. The molecule has 4 amide bonds. The van der Waals surface area contributed by atoms with E-state index in [-0.39, 0.29) is 18.4 Å². The monoisotopic (exact) mass is 253 g/mol. The predicted octanol–water partition coefficient (Wildman–Crippen LogP) is -1.47. The molecule has 2 rings (SSSR count). The average molecular weight is 253 g/mol. The van der Waals surface area contributed by atoms with Crippen LogP contribution in [0.1, 0.15) is 26.2 Å². The lowest BCUT2D eigenvalue weighted by Crippen LogP contribution is -2.62. The molecule has 2 unspecified atom stereocenters. The topological polar surface area (TPSA) is 95.6 Å². The maximum absolute atomic E-state index is 12.2. The maximum Gasteiger partial charge on any atom is 0.249 e. The first-order valence-electron chi connectivity index (χ1n) is 5.96. The first-order valence-corrected chi connectivity index (χ1v) is 5.96. The molecule has 0 spiro atoms. The number of piperazine rings is 1. The van der Waals surface area contributed by atoms with Gasteiger partial charge in [0.25, 0.3) is 0 Å². The second-order valence-electron chi connectivity index (χ2n) is 4.46. The number of carbonyl (C=O) groups is 4. The predicted molar refractivity (Wildman–Crippen MR) is 60.1 cm³/mol. The van der Waals surface area contributed by atoms with Crippen LogP contribution in [0.2, 0.25) is 0 Å². The summed E-state index contributed by atoms with van der Waals surface area (Å²) in [7, 11) is 0. The van der Waals surface area contributed by atoms with E-state index in [2.05, 4.69) is 10.6 Å². The Bertz CT molecular complexity index is 421. The number of amides is 4. The van der Waals surface area contributed by atoms with Crippen LogP contribution in [0.5, 0.6) is 0 Å². The lowest BCUT2D eigenvalue weighted by atomic mass is 10.1. The van der Waals surface area contributed by atoms with E-state index in [9.17, 15) is 19.2 Å². The Kier molecular flexibility index (Phi) is 3.31. The van der Waals surface area contributed by atoms with Gasteiger partial charge in [-0.1, -0.05) is 6.92 Å². The van der Waals surface area contributed by atoms with Gasteiger partial charge in [0.2, 0.25) is 23.6 Å². The van der Waals surface area contributed by atoms with E-state index in [0.717, 1.165) is 0 Å². The van der Waals surface area contributed by atoms with Crippen LogP contribution in [-0.2, 0) is 19.2 Å². The second kappa shape index (κ2) is 4.75. The fourth-order valence-corrected chi connectivity index (χ4v) is 2.30. The zero-order valence-electron chi connectivity index (χ0n) is 10.1. The number of hydrogen-bond acceptors (Lipinski definition) is 4. The molecule has 2 saturated heterocycles. The molecule has 98 valence electrons. The summed E-state index contributed by atoms with van der Waals surface area (Å²) in [4.78, 5) is 47.5. The molecule has 18 heavy (non-hydrogen) atoms. The van der Waals surface area contributed by atoms with Crippen LogP contribution < -0.4 is 10.6 Å². The highest BCUT2D eigenvalue weighted by molar-refractivity contribution is 6.05. The number of imide groups is 1. The molecular formula is C11H15N3O4. The van der Waals surface area contributed by atoms with Crippen LogP contribution in [0.25, 0.3) is 0 Å². The molecule has 0 aromatic heterocycles.